The third-order valence-electron chi connectivity index (χ3n) is 4.47. The monoisotopic (exact) mass is 416 g/mol. The summed E-state index contributed by atoms with van der Waals surface area (Å²) in [5.74, 6) is 6.20. The van der Waals surface area contributed by atoms with Crippen LogP contribution in [0.3, 0.4) is 0 Å². The van der Waals surface area contributed by atoms with Crippen LogP contribution in [0.15, 0.2) is 72.9 Å². The molecule has 0 aliphatic heterocycles. The number of hydrogen-bond donors (Lipinski definition) is 2. The maximum absolute atomic E-state index is 10.7. The average molecular weight is 417 g/mol. The molecule has 4 nitrogen and oxygen atoms in total. The Hall–Kier alpha value is -3.55. The van der Waals surface area contributed by atoms with E-state index in [1.165, 1.54) is 0 Å². The molecule has 30 heavy (non-hydrogen) atoms. The minimum absolute atomic E-state index is 0.260. The van der Waals surface area contributed by atoms with E-state index in [0.29, 0.717) is 10.7 Å². The van der Waals surface area contributed by atoms with Gasteiger partial charge in [0.05, 0.1) is 0 Å². The number of rotatable bonds is 4. The van der Waals surface area contributed by atoms with Gasteiger partial charge in [-0.1, -0.05) is 53.9 Å². The van der Waals surface area contributed by atoms with Crippen molar-refractivity contribution in [2.75, 3.05) is 0 Å². The molecule has 1 heterocycles. The Morgan fingerprint density at radius 1 is 1.03 bits per heavy atom. The van der Waals surface area contributed by atoms with E-state index in [1.54, 1.807) is 13.1 Å². The van der Waals surface area contributed by atoms with Gasteiger partial charge in [-0.25, -0.2) is 9.78 Å². The zero-order valence-electron chi connectivity index (χ0n) is 16.7. The number of carbonyl (C=O) groups is 1. The van der Waals surface area contributed by atoms with Crippen molar-refractivity contribution in [3.8, 4) is 23.0 Å². The predicted molar refractivity (Wildman–Crippen MR) is 121 cm³/mol. The van der Waals surface area contributed by atoms with Crippen LogP contribution in [0.2, 0.25) is 5.02 Å². The molecular weight excluding hydrogens is 396 g/mol. The van der Waals surface area contributed by atoms with Crippen molar-refractivity contribution in [3.63, 3.8) is 0 Å². The van der Waals surface area contributed by atoms with Gasteiger partial charge in [-0.3, -0.25) is 0 Å². The van der Waals surface area contributed by atoms with E-state index >= 15 is 0 Å². The van der Waals surface area contributed by atoms with Crippen molar-refractivity contribution in [1.82, 2.24) is 10.3 Å². The highest BCUT2D eigenvalue weighted by Gasteiger charge is 2.03. The first-order valence-electron chi connectivity index (χ1n) is 9.43. The van der Waals surface area contributed by atoms with Crippen LogP contribution in [0.25, 0.3) is 16.7 Å². The zero-order chi connectivity index (χ0) is 21.5. The standard InChI is InChI=1S/C25H21ClN2O2/c1-17(15-18(2)28-25(29)30)20-6-3-19(4-7-20)5-13-24-14-10-22(16-27-24)21-8-11-23(26)12-9-21/h3-4,6-12,14-16,18,28H,1-2H3,(H,29,30)/t18-/m0/s1. The number of allylic oxidation sites excluding steroid dienone is 1. The fraction of sp³-hybridized carbons (Fsp3) is 0.120. The summed E-state index contributed by atoms with van der Waals surface area (Å²) >= 11 is 5.93. The van der Waals surface area contributed by atoms with Crippen molar-refractivity contribution in [1.29, 1.82) is 0 Å². The van der Waals surface area contributed by atoms with Gasteiger partial charge in [0.15, 0.2) is 0 Å². The molecular formula is C25H21ClN2O2. The minimum atomic E-state index is -1.04. The molecule has 1 atom stereocenters. The minimum Gasteiger partial charge on any atom is -0.465 e. The lowest BCUT2D eigenvalue weighted by Gasteiger charge is -2.08. The highest BCUT2D eigenvalue weighted by Crippen LogP contribution is 2.21. The molecule has 0 bridgehead atoms. The predicted octanol–water partition coefficient (Wildman–Crippen LogP) is 5.86. The van der Waals surface area contributed by atoms with Crippen LogP contribution in [-0.2, 0) is 0 Å². The first kappa shape index (κ1) is 21.2. The highest BCUT2D eigenvalue weighted by atomic mass is 35.5. The number of nitrogens with one attached hydrogen (secondary N) is 1. The molecule has 5 heteroatoms. The van der Waals surface area contributed by atoms with E-state index < -0.39 is 6.09 Å². The van der Waals surface area contributed by atoms with Crippen LogP contribution in [-0.4, -0.2) is 22.2 Å². The summed E-state index contributed by atoms with van der Waals surface area (Å²) in [6, 6.07) is 19.1. The van der Waals surface area contributed by atoms with Crippen LogP contribution >= 0.6 is 11.6 Å². The second kappa shape index (κ2) is 9.78. The Labute approximate surface area is 181 Å². The summed E-state index contributed by atoms with van der Waals surface area (Å²) in [5, 5.41) is 11.9. The smallest absolute Gasteiger partial charge is 0.405 e. The van der Waals surface area contributed by atoms with Crippen molar-refractivity contribution in [2.24, 2.45) is 0 Å². The molecule has 0 radical (unpaired) electrons. The molecule has 3 rings (SSSR count). The third kappa shape index (κ3) is 5.97. The fourth-order valence-electron chi connectivity index (χ4n) is 2.94. The average Bonchev–Trinajstić information content (AvgIpc) is 2.73. The van der Waals surface area contributed by atoms with E-state index in [0.717, 1.165) is 27.8 Å². The van der Waals surface area contributed by atoms with Gasteiger partial charge in [-0.05, 0) is 66.8 Å². The molecule has 0 aliphatic rings. The topological polar surface area (TPSA) is 62.2 Å². The number of nitrogens with zero attached hydrogens (tertiary/aromatic N) is 1. The molecule has 2 N–H and O–H groups in total. The Kier molecular flexibility index (Phi) is 6.90. The van der Waals surface area contributed by atoms with Crippen molar-refractivity contribution < 1.29 is 9.90 Å². The second-order valence-electron chi connectivity index (χ2n) is 6.85. The van der Waals surface area contributed by atoms with E-state index in [9.17, 15) is 4.79 Å². The number of pyridine rings is 1. The number of benzene rings is 2. The lowest BCUT2D eigenvalue weighted by atomic mass is 10.0. The molecule has 1 amide bonds. The summed E-state index contributed by atoms with van der Waals surface area (Å²) in [4.78, 5) is 15.1. The molecule has 0 spiro atoms. The first-order chi connectivity index (χ1) is 14.4. The molecule has 0 saturated heterocycles. The highest BCUT2D eigenvalue weighted by molar-refractivity contribution is 6.30. The number of amides is 1. The van der Waals surface area contributed by atoms with E-state index in [4.69, 9.17) is 16.7 Å². The second-order valence-corrected chi connectivity index (χ2v) is 7.29. The van der Waals surface area contributed by atoms with Crippen molar-refractivity contribution in [3.05, 3.63) is 94.8 Å². The third-order valence-corrected chi connectivity index (χ3v) is 4.72. The maximum Gasteiger partial charge on any atom is 0.405 e. The van der Waals surface area contributed by atoms with Crippen LogP contribution in [0.4, 0.5) is 4.79 Å². The normalized spacial score (nSPS) is 11.9. The lowest BCUT2D eigenvalue weighted by molar-refractivity contribution is 0.193. The number of hydrogen-bond acceptors (Lipinski definition) is 2. The number of carboxylic acid groups (broad SMARTS) is 1. The Morgan fingerprint density at radius 3 is 2.30 bits per heavy atom. The molecule has 150 valence electrons. The summed E-state index contributed by atoms with van der Waals surface area (Å²) < 4.78 is 0. The molecule has 0 aliphatic carbocycles. The molecule has 0 unspecified atom stereocenters. The van der Waals surface area contributed by atoms with E-state index in [2.05, 4.69) is 22.1 Å². The summed E-state index contributed by atoms with van der Waals surface area (Å²) in [6.07, 6.45) is 2.64. The molecule has 2 aromatic carbocycles. The summed E-state index contributed by atoms with van der Waals surface area (Å²) in [6.45, 7) is 3.75. The van der Waals surface area contributed by atoms with Crippen LogP contribution < -0.4 is 5.32 Å². The number of aromatic nitrogens is 1. The van der Waals surface area contributed by atoms with Gasteiger partial charge in [0.25, 0.3) is 0 Å². The van der Waals surface area contributed by atoms with Crippen LogP contribution in [0, 0.1) is 11.8 Å². The van der Waals surface area contributed by atoms with Gasteiger partial charge >= 0.3 is 6.09 Å². The number of halogens is 1. The van der Waals surface area contributed by atoms with Gasteiger partial charge in [-0.15, -0.1) is 0 Å². The molecule has 0 fully saturated rings. The maximum atomic E-state index is 10.7. The zero-order valence-corrected chi connectivity index (χ0v) is 17.4. The van der Waals surface area contributed by atoms with Gasteiger partial charge in [0.2, 0.25) is 0 Å². The van der Waals surface area contributed by atoms with Gasteiger partial charge in [-0.2, -0.15) is 0 Å². The van der Waals surface area contributed by atoms with E-state index in [-0.39, 0.29) is 6.04 Å². The van der Waals surface area contributed by atoms with Gasteiger partial charge in [0.1, 0.15) is 5.69 Å². The SMILES string of the molecule is CC(=C[C@H](C)NC(=O)O)c1ccc(C#Cc2ccc(-c3ccc(Cl)cc3)cn2)cc1. The fourth-order valence-corrected chi connectivity index (χ4v) is 3.07. The Bertz CT molecular complexity index is 1110. The molecule has 0 saturated carbocycles. The van der Waals surface area contributed by atoms with Crippen LogP contribution in [0.5, 0.6) is 0 Å². The molecule has 1 aromatic heterocycles. The Balaban J connectivity index is 1.68. The van der Waals surface area contributed by atoms with Crippen molar-refractivity contribution >= 4 is 23.3 Å². The Morgan fingerprint density at radius 2 is 1.70 bits per heavy atom. The largest absolute Gasteiger partial charge is 0.465 e. The lowest BCUT2D eigenvalue weighted by Crippen LogP contribution is -2.29. The van der Waals surface area contributed by atoms with Crippen LogP contribution in [0.1, 0.15) is 30.7 Å². The van der Waals surface area contributed by atoms with Crippen molar-refractivity contribution in [2.45, 2.75) is 19.9 Å². The quantitative estimate of drug-likeness (QED) is 0.523. The molecule has 3 aromatic rings. The summed E-state index contributed by atoms with van der Waals surface area (Å²) in [5.41, 5.74) is 5.65. The van der Waals surface area contributed by atoms with Gasteiger partial charge in [0, 0.05) is 28.4 Å². The van der Waals surface area contributed by atoms with E-state index in [1.807, 2.05) is 73.7 Å². The summed E-state index contributed by atoms with van der Waals surface area (Å²) in [7, 11) is 0. The first-order valence-corrected chi connectivity index (χ1v) is 9.81. The van der Waals surface area contributed by atoms with Gasteiger partial charge < -0.3 is 10.4 Å².